The predicted octanol–water partition coefficient (Wildman–Crippen LogP) is 6.91. The first-order chi connectivity index (χ1) is 15.8. The van der Waals surface area contributed by atoms with E-state index >= 15 is 0 Å². The average Bonchev–Trinajstić information content (AvgIpc) is 3.23. The molecular formula is C27H22IN3O. The molecule has 0 radical (unpaired) electrons. The molecule has 0 aliphatic carbocycles. The van der Waals surface area contributed by atoms with Crippen molar-refractivity contribution in [2.45, 2.75) is 12.8 Å². The second-order valence-electron chi connectivity index (χ2n) is 7.64. The van der Waals surface area contributed by atoms with Gasteiger partial charge in [-0.15, -0.1) is 0 Å². The molecule has 0 amide bonds. The molecule has 0 unspecified atom stereocenters. The van der Waals surface area contributed by atoms with Crippen LogP contribution in [-0.4, -0.2) is 21.8 Å². The minimum atomic E-state index is 0.652. The zero-order valence-corrected chi connectivity index (χ0v) is 19.6. The quantitative estimate of drug-likeness (QED) is 0.184. The monoisotopic (exact) mass is 531 g/mol. The van der Waals surface area contributed by atoms with Gasteiger partial charge in [-0.2, -0.15) is 5.10 Å². The predicted molar refractivity (Wildman–Crippen MR) is 138 cm³/mol. The lowest BCUT2D eigenvalue weighted by Crippen LogP contribution is -2.01. The number of aromatic nitrogens is 3. The Morgan fingerprint density at radius 2 is 1.62 bits per heavy atom. The van der Waals surface area contributed by atoms with Gasteiger partial charge < -0.3 is 4.74 Å². The number of H-pyrrole nitrogens is 1. The molecule has 2 heterocycles. The molecule has 5 heteroatoms. The smallest absolute Gasteiger partial charge is 0.138 e. The van der Waals surface area contributed by atoms with Crippen LogP contribution in [0.1, 0.15) is 12.0 Å². The van der Waals surface area contributed by atoms with Crippen LogP contribution in [-0.2, 0) is 6.42 Å². The van der Waals surface area contributed by atoms with E-state index in [4.69, 9.17) is 9.72 Å². The van der Waals surface area contributed by atoms with E-state index in [2.05, 4.69) is 87.4 Å². The summed E-state index contributed by atoms with van der Waals surface area (Å²) in [6.45, 7) is 0.652. The van der Waals surface area contributed by atoms with Crippen molar-refractivity contribution < 1.29 is 4.74 Å². The Balaban J connectivity index is 1.44. The molecule has 1 N–H and O–H groups in total. The van der Waals surface area contributed by atoms with Crippen LogP contribution in [0.3, 0.4) is 0 Å². The fourth-order valence-electron chi connectivity index (χ4n) is 3.83. The lowest BCUT2D eigenvalue weighted by atomic mass is 9.98. The van der Waals surface area contributed by atoms with Gasteiger partial charge in [0.1, 0.15) is 9.45 Å². The molecule has 0 spiro atoms. The summed E-state index contributed by atoms with van der Waals surface area (Å²) in [7, 11) is 0. The van der Waals surface area contributed by atoms with Gasteiger partial charge in [-0.25, -0.2) is 0 Å². The molecular weight excluding hydrogens is 509 g/mol. The Hall–Kier alpha value is -3.19. The van der Waals surface area contributed by atoms with Gasteiger partial charge in [-0.05, 0) is 64.8 Å². The maximum atomic E-state index is 6.09. The van der Waals surface area contributed by atoms with Gasteiger partial charge in [0, 0.05) is 16.5 Å². The van der Waals surface area contributed by atoms with E-state index in [0.29, 0.717) is 6.61 Å². The average molecular weight is 531 g/mol. The molecule has 0 aliphatic rings. The van der Waals surface area contributed by atoms with E-state index in [1.54, 1.807) is 0 Å². The minimum Gasteiger partial charge on any atom is -0.492 e. The number of hydrogen-bond acceptors (Lipinski definition) is 3. The van der Waals surface area contributed by atoms with Gasteiger partial charge in [0.05, 0.1) is 24.0 Å². The molecule has 0 saturated carbocycles. The van der Waals surface area contributed by atoms with Gasteiger partial charge in [0.2, 0.25) is 0 Å². The molecule has 5 aromatic rings. The van der Waals surface area contributed by atoms with E-state index in [-0.39, 0.29) is 0 Å². The van der Waals surface area contributed by atoms with Crippen LogP contribution in [0.15, 0.2) is 91.1 Å². The number of ether oxygens (including phenoxy) is 1. The highest BCUT2D eigenvalue weighted by molar-refractivity contribution is 14.1. The molecule has 158 valence electrons. The van der Waals surface area contributed by atoms with Gasteiger partial charge >= 0.3 is 0 Å². The molecule has 0 saturated heterocycles. The van der Waals surface area contributed by atoms with E-state index in [9.17, 15) is 0 Å². The second-order valence-corrected chi connectivity index (χ2v) is 8.72. The molecule has 2 aromatic heterocycles. The Bertz CT molecular complexity index is 1330. The van der Waals surface area contributed by atoms with Crippen LogP contribution >= 0.6 is 22.6 Å². The minimum absolute atomic E-state index is 0.652. The van der Waals surface area contributed by atoms with Crippen molar-refractivity contribution in [1.29, 1.82) is 0 Å². The number of rotatable bonds is 7. The third kappa shape index (κ3) is 4.53. The lowest BCUT2D eigenvalue weighted by molar-refractivity contribution is 0.310. The van der Waals surface area contributed by atoms with Crippen molar-refractivity contribution in [1.82, 2.24) is 15.2 Å². The number of benzene rings is 3. The second kappa shape index (κ2) is 9.53. The SMILES string of the molecule is Ic1[nH]nc2ccc(-c3cc(OCCCc4ccccc4)cnc3-c3ccccc3)cc12. The first kappa shape index (κ1) is 20.7. The molecule has 0 atom stereocenters. The van der Waals surface area contributed by atoms with Crippen LogP contribution in [0.5, 0.6) is 5.75 Å². The maximum Gasteiger partial charge on any atom is 0.138 e. The summed E-state index contributed by atoms with van der Waals surface area (Å²) in [6, 6.07) is 29.2. The standard InChI is InChI=1S/C27H22IN3O/c28-27-24-16-21(13-14-25(24)30-31-27)23-17-22(18-29-26(23)20-11-5-2-6-12-20)32-15-7-10-19-8-3-1-4-9-19/h1-6,8-9,11-14,16-18H,7,10,15H2,(H,30,31). The molecule has 4 nitrogen and oxygen atoms in total. The van der Waals surface area contributed by atoms with Gasteiger partial charge in [-0.1, -0.05) is 66.7 Å². The van der Waals surface area contributed by atoms with E-state index in [1.165, 1.54) is 5.56 Å². The first-order valence-electron chi connectivity index (χ1n) is 10.6. The Morgan fingerprint density at radius 1 is 0.844 bits per heavy atom. The Kier molecular flexibility index (Phi) is 6.16. The molecule has 3 aromatic carbocycles. The number of aromatic amines is 1. The normalized spacial score (nSPS) is 11.0. The van der Waals surface area contributed by atoms with Crippen molar-refractivity contribution in [2.75, 3.05) is 6.61 Å². The highest BCUT2D eigenvalue weighted by Gasteiger charge is 2.13. The summed E-state index contributed by atoms with van der Waals surface area (Å²) in [5.41, 5.74) is 6.46. The fourth-order valence-corrected chi connectivity index (χ4v) is 4.38. The third-order valence-electron chi connectivity index (χ3n) is 5.45. The summed E-state index contributed by atoms with van der Waals surface area (Å²) < 4.78 is 7.12. The molecule has 5 rings (SSSR count). The van der Waals surface area contributed by atoms with E-state index in [0.717, 1.165) is 55.6 Å². The number of aryl methyl sites for hydroxylation is 1. The highest BCUT2D eigenvalue weighted by Crippen LogP contribution is 2.35. The molecule has 0 bridgehead atoms. The van der Waals surface area contributed by atoms with Crippen molar-refractivity contribution in [3.05, 3.63) is 100 Å². The summed E-state index contributed by atoms with van der Waals surface area (Å²) >= 11 is 2.29. The number of pyridine rings is 1. The fraction of sp³-hybridized carbons (Fsp3) is 0.111. The lowest BCUT2D eigenvalue weighted by Gasteiger charge is -2.13. The van der Waals surface area contributed by atoms with Gasteiger partial charge in [0.15, 0.2) is 0 Å². The topological polar surface area (TPSA) is 50.8 Å². The van der Waals surface area contributed by atoms with Gasteiger partial charge in [-0.3, -0.25) is 10.1 Å². The molecule has 0 fully saturated rings. The van der Waals surface area contributed by atoms with Crippen LogP contribution in [0, 0.1) is 3.70 Å². The van der Waals surface area contributed by atoms with E-state index < -0.39 is 0 Å². The van der Waals surface area contributed by atoms with Crippen molar-refractivity contribution in [3.63, 3.8) is 0 Å². The van der Waals surface area contributed by atoms with Crippen LogP contribution < -0.4 is 4.74 Å². The summed E-state index contributed by atoms with van der Waals surface area (Å²) in [5.74, 6) is 0.787. The molecule has 32 heavy (non-hydrogen) atoms. The number of nitrogens with zero attached hydrogens (tertiary/aromatic N) is 2. The Morgan fingerprint density at radius 3 is 2.44 bits per heavy atom. The zero-order valence-electron chi connectivity index (χ0n) is 17.5. The van der Waals surface area contributed by atoms with Crippen LogP contribution in [0.4, 0.5) is 0 Å². The van der Waals surface area contributed by atoms with Crippen LogP contribution in [0.25, 0.3) is 33.3 Å². The first-order valence-corrected chi connectivity index (χ1v) is 11.7. The van der Waals surface area contributed by atoms with Crippen molar-refractivity contribution >= 4 is 33.5 Å². The van der Waals surface area contributed by atoms with Crippen molar-refractivity contribution in [2.24, 2.45) is 0 Å². The number of fused-ring (bicyclic) bond motifs is 1. The largest absolute Gasteiger partial charge is 0.492 e. The van der Waals surface area contributed by atoms with Crippen LogP contribution in [0.2, 0.25) is 0 Å². The zero-order chi connectivity index (χ0) is 21.8. The van der Waals surface area contributed by atoms with Gasteiger partial charge in [0.25, 0.3) is 0 Å². The van der Waals surface area contributed by atoms with Crippen molar-refractivity contribution in [3.8, 4) is 28.1 Å². The number of halogens is 1. The third-order valence-corrected chi connectivity index (χ3v) is 6.27. The summed E-state index contributed by atoms with van der Waals surface area (Å²) in [4.78, 5) is 4.80. The highest BCUT2D eigenvalue weighted by atomic mass is 127. The Labute approximate surface area is 200 Å². The number of hydrogen-bond donors (Lipinski definition) is 1. The summed E-state index contributed by atoms with van der Waals surface area (Å²) in [5, 5.41) is 8.52. The molecule has 0 aliphatic heterocycles. The van der Waals surface area contributed by atoms with E-state index in [1.807, 2.05) is 36.5 Å². The summed E-state index contributed by atoms with van der Waals surface area (Å²) in [6.07, 6.45) is 3.78. The maximum absolute atomic E-state index is 6.09. The number of nitrogens with one attached hydrogen (secondary N) is 1.